The fourth-order valence-electron chi connectivity index (χ4n) is 2.86. The number of ether oxygens (including phenoxy) is 3. The van der Waals surface area contributed by atoms with Gasteiger partial charge < -0.3 is 30.0 Å². The zero-order valence-corrected chi connectivity index (χ0v) is 18.7. The molecule has 0 aromatic heterocycles. The minimum absolute atomic E-state index is 0.0225. The largest absolute Gasteiger partial charge is 0.451 e. The fourth-order valence-corrected chi connectivity index (χ4v) is 2.86. The lowest BCUT2D eigenvalue weighted by Gasteiger charge is -2.32. The maximum absolute atomic E-state index is 12.3. The highest BCUT2D eigenvalue weighted by Crippen LogP contribution is 2.36. The van der Waals surface area contributed by atoms with Crippen LogP contribution in [0.15, 0.2) is 18.2 Å². The molecule has 10 nitrogen and oxygen atoms in total. The van der Waals surface area contributed by atoms with E-state index in [1.165, 1.54) is 18.2 Å². The van der Waals surface area contributed by atoms with Crippen molar-refractivity contribution in [3.05, 3.63) is 23.8 Å². The molecule has 0 saturated carbocycles. The molecule has 0 spiro atoms. The van der Waals surface area contributed by atoms with Gasteiger partial charge in [0, 0.05) is 18.5 Å². The number of amides is 1. The lowest BCUT2D eigenvalue weighted by Crippen LogP contribution is -2.55. The first-order chi connectivity index (χ1) is 15.0. The van der Waals surface area contributed by atoms with Gasteiger partial charge in [0.1, 0.15) is 6.07 Å². The van der Waals surface area contributed by atoms with Gasteiger partial charge in [-0.25, -0.2) is 9.59 Å². The molecule has 1 aromatic rings. The summed E-state index contributed by atoms with van der Waals surface area (Å²) >= 11 is 0. The number of aliphatic hydroxyl groups excluding tert-OH is 1. The monoisotopic (exact) mass is 447 g/mol. The molecule has 1 aromatic carbocycles. The Balaban J connectivity index is 2.36. The molecule has 0 bridgehead atoms. The van der Waals surface area contributed by atoms with E-state index in [0.29, 0.717) is 6.42 Å². The molecule has 1 aliphatic rings. The van der Waals surface area contributed by atoms with Gasteiger partial charge in [-0.3, -0.25) is 4.79 Å². The number of aliphatic hydroxyl groups is 1. The van der Waals surface area contributed by atoms with E-state index in [1.807, 2.05) is 33.8 Å². The molecule has 0 radical (unpaired) electrons. The number of anilines is 1. The molecule has 1 unspecified atom stereocenters. The highest BCUT2D eigenvalue weighted by molar-refractivity contribution is 6.31. The molecule has 1 atom stereocenters. The summed E-state index contributed by atoms with van der Waals surface area (Å²) in [6.45, 7) is 7.38. The van der Waals surface area contributed by atoms with Gasteiger partial charge in [0.05, 0.1) is 11.3 Å². The summed E-state index contributed by atoms with van der Waals surface area (Å²) in [4.78, 5) is 35.9. The number of cyclic esters (lactones) is 2. The standard InChI is InChI=1S/C22H29N3O7/c1-5-6-7-11-17(27)25-15-10-8-9-14(12-23)18(15)30-22(31-19(28)20(29)32-22)16(26)13-24-21(2,3)4/h8-10,16,24,26H,5-7,11,13H2,1-4H3,(H,25,27). The van der Waals surface area contributed by atoms with Crippen molar-refractivity contribution in [3.8, 4) is 11.8 Å². The first-order valence-electron chi connectivity index (χ1n) is 10.4. The number of nitrogens with zero attached hydrogens (tertiary/aromatic N) is 1. The average molecular weight is 447 g/mol. The van der Waals surface area contributed by atoms with Crippen LogP contribution in [0, 0.1) is 11.3 Å². The summed E-state index contributed by atoms with van der Waals surface area (Å²) in [6.07, 6.45) is 1.14. The van der Waals surface area contributed by atoms with Gasteiger partial charge in [-0.2, -0.15) is 5.26 Å². The summed E-state index contributed by atoms with van der Waals surface area (Å²) in [5.74, 6) is -5.72. The van der Waals surface area contributed by atoms with Crippen molar-refractivity contribution >= 4 is 23.5 Å². The summed E-state index contributed by atoms with van der Waals surface area (Å²) < 4.78 is 15.7. The Morgan fingerprint density at radius 3 is 2.47 bits per heavy atom. The first-order valence-corrected chi connectivity index (χ1v) is 10.4. The molecule has 32 heavy (non-hydrogen) atoms. The predicted octanol–water partition coefficient (Wildman–Crippen LogP) is 1.96. The molecule has 1 heterocycles. The predicted molar refractivity (Wildman–Crippen MR) is 113 cm³/mol. The quantitative estimate of drug-likeness (QED) is 0.278. The van der Waals surface area contributed by atoms with Gasteiger partial charge in [0.2, 0.25) is 5.91 Å². The third-order valence-corrected chi connectivity index (χ3v) is 4.53. The Hall–Kier alpha value is -3.16. The average Bonchev–Trinajstić information content (AvgIpc) is 3.01. The molecular formula is C22H29N3O7. The van der Waals surface area contributed by atoms with E-state index in [2.05, 4.69) is 10.6 Å². The minimum Gasteiger partial charge on any atom is -0.415 e. The lowest BCUT2D eigenvalue weighted by atomic mass is 10.1. The Labute approximate surface area is 186 Å². The number of nitriles is 1. The van der Waals surface area contributed by atoms with Crippen molar-refractivity contribution in [2.45, 2.75) is 71.0 Å². The topological polar surface area (TPSA) is 147 Å². The number of para-hydroxylation sites is 1. The van der Waals surface area contributed by atoms with E-state index in [0.717, 1.165) is 12.8 Å². The van der Waals surface area contributed by atoms with Crippen LogP contribution in [0.2, 0.25) is 0 Å². The number of hydrogen-bond acceptors (Lipinski definition) is 9. The van der Waals surface area contributed by atoms with Gasteiger partial charge in [0.15, 0.2) is 11.9 Å². The molecule has 2 rings (SSSR count). The molecule has 1 amide bonds. The number of carbonyl (C=O) groups is 3. The van der Waals surface area contributed by atoms with E-state index < -0.39 is 29.6 Å². The lowest BCUT2D eigenvalue weighted by molar-refractivity contribution is -0.316. The fraction of sp³-hybridized carbons (Fsp3) is 0.545. The van der Waals surface area contributed by atoms with Crippen LogP contribution in [-0.4, -0.2) is 47.1 Å². The summed E-state index contributed by atoms with van der Waals surface area (Å²) in [5, 5.41) is 25.9. The highest BCUT2D eigenvalue weighted by atomic mass is 16.9. The maximum atomic E-state index is 12.3. The van der Waals surface area contributed by atoms with E-state index in [9.17, 15) is 24.8 Å². The number of β-amino-alcohol motifs (C(OH)–C–C–N with tert-alkyl or cyclic N) is 1. The van der Waals surface area contributed by atoms with Crippen LogP contribution in [0.25, 0.3) is 0 Å². The number of hydrogen-bond donors (Lipinski definition) is 3. The normalized spacial score (nSPS) is 16.0. The number of carbonyl (C=O) groups excluding carboxylic acids is 3. The highest BCUT2D eigenvalue weighted by Gasteiger charge is 2.58. The Morgan fingerprint density at radius 2 is 1.91 bits per heavy atom. The number of benzene rings is 1. The second-order valence-electron chi connectivity index (χ2n) is 8.43. The van der Waals surface area contributed by atoms with Crippen LogP contribution in [0.3, 0.4) is 0 Å². The van der Waals surface area contributed by atoms with Crippen molar-refractivity contribution in [1.82, 2.24) is 5.32 Å². The minimum atomic E-state index is -2.53. The molecule has 0 aliphatic carbocycles. The van der Waals surface area contributed by atoms with Crippen LogP contribution < -0.4 is 15.4 Å². The molecule has 1 aliphatic heterocycles. The number of unbranched alkanes of at least 4 members (excludes halogenated alkanes) is 2. The second kappa shape index (κ2) is 10.4. The van der Waals surface area contributed by atoms with E-state index in [4.69, 9.17) is 14.2 Å². The van der Waals surface area contributed by atoms with Gasteiger partial charge in [-0.15, -0.1) is 0 Å². The van der Waals surface area contributed by atoms with Crippen molar-refractivity contribution < 1.29 is 33.7 Å². The van der Waals surface area contributed by atoms with E-state index in [-0.39, 0.29) is 35.9 Å². The van der Waals surface area contributed by atoms with Crippen LogP contribution in [0.1, 0.15) is 58.9 Å². The third kappa shape index (κ3) is 6.42. The smallest absolute Gasteiger partial charge is 0.415 e. The van der Waals surface area contributed by atoms with E-state index >= 15 is 0 Å². The Kier molecular flexibility index (Phi) is 8.19. The molecule has 1 saturated heterocycles. The maximum Gasteiger partial charge on any atom is 0.451 e. The first kappa shape index (κ1) is 25.1. The molecule has 1 fully saturated rings. The van der Waals surface area contributed by atoms with Crippen LogP contribution in [0.4, 0.5) is 5.69 Å². The summed E-state index contributed by atoms with van der Waals surface area (Å²) in [7, 11) is 0. The number of rotatable bonds is 10. The van der Waals surface area contributed by atoms with Gasteiger partial charge in [0.25, 0.3) is 0 Å². The van der Waals surface area contributed by atoms with Crippen LogP contribution >= 0.6 is 0 Å². The zero-order valence-electron chi connectivity index (χ0n) is 18.7. The van der Waals surface area contributed by atoms with Gasteiger partial charge >= 0.3 is 17.9 Å². The van der Waals surface area contributed by atoms with E-state index in [1.54, 1.807) is 0 Å². The Morgan fingerprint density at radius 1 is 1.25 bits per heavy atom. The molecular weight excluding hydrogens is 418 g/mol. The second-order valence-corrected chi connectivity index (χ2v) is 8.43. The van der Waals surface area contributed by atoms with Crippen LogP contribution in [0.5, 0.6) is 5.75 Å². The number of esters is 2. The van der Waals surface area contributed by atoms with Crippen molar-refractivity contribution in [2.24, 2.45) is 0 Å². The van der Waals surface area contributed by atoms with Gasteiger partial charge in [-0.1, -0.05) is 25.8 Å². The molecule has 10 heteroatoms. The van der Waals surface area contributed by atoms with Crippen molar-refractivity contribution in [2.75, 3.05) is 11.9 Å². The SMILES string of the molecule is CCCCCC(=O)Nc1cccc(C#N)c1OC1(C(O)CNC(C)(C)C)OC(=O)C(=O)O1. The summed E-state index contributed by atoms with van der Waals surface area (Å²) in [5.41, 5.74) is -0.331. The zero-order chi connectivity index (χ0) is 23.9. The summed E-state index contributed by atoms with van der Waals surface area (Å²) in [6, 6.07) is 6.34. The molecule has 3 N–H and O–H groups in total. The number of nitrogens with one attached hydrogen (secondary N) is 2. The van der Waals surface area contributed by atoms with Crippen LogP contribution in [-0.2, 0) is 23.9 Å². The van der Waals surface area contributed by atoms with Crippen molar-refractivity contribution in [3.63, 3.8) is 0 Å². The third-order valence-electron chi connectivity index (χ3n) is 4.53. The molecule has 174 valence electrons. The van der Waals surface area contributed by atoms with Crippen molar-refractivity contribution in [1.29, 1.82) is 5.26 Å². The van der Waals surface area contributed by atoms with Gasteiger partial charge in [-0.05, 0) is 39.3 Å². The Bertz CT molecular complexity index is 886.